The topological polar surface area (TPSA) is 54.4 Å². The van der Waals surface area contributed by atoms with Crippen LogP contribution < -0.4 is 5.32 Å². The Labute approximate surface area is 113 Å². The highest BCUT2D eigenvalue weighted by Gasteiger charge is 2.05. The smallest absolute Gasteiger partial charge is 0.0897 e. The Bertz CT molecular complexity index is 329. The SMILES string of the molecule is Cc1nc(CCNCC(O)COCC(C)C)cs1. The molecule has 1 unspecified atom stereocenters. The number of aryl methyl sites for hydroxylation is 1. The van der Waals surface area contributed by atoms with Gasteiger partial charge in [0.25, 0.3) is 0 Å². The van der Waals surface area contributed by atoms with Crippen LogP contribution in [0, 0.1) is 12.8 Å². The maximum atomic E-state index is 9.66. The van der Waals surface area contributed by atoms with E-state index in [0.29, 0.717) is 25.7 Å². The third kappa shape index (κ3) is 7.06. The molecule has 4 nitrogen and oxygen atoms in total. The number of ether oxygens (including phenoxy) is 1. The molecule has 0 saturated heterocycles. The van der Waals surface area contributed by atoms with Crippen molar-refractivity contribution in [1.29, 1.82) is 0 Å². The molecule has 0 aliphatic heterocycles. The van der Waals surface area contributed by atoms with Crippen LogP contribution in [0.15, 0.2) is 5.38 Å². The number of nitrogens with one attached hydrogen (secondary N) is 1. The van der Waals surface area contributed by atoms with E-state index < -0.39 is 6.10 Å². The number of aliphatic hydroxyl groups excluding tert-OH is 1. The average Bonchev–Trinajstić information content (AvgIpc) is 2.70. The molecule has 1 aromatic rings. The van der Waals surface area contributed by atoms with Gasteiger partial charge in [-0.1, -0.05) is 13.8 Å². The third-order valence-corrected chi connectivity index (χ3v) is 3.19. The van der Waals surface area contributed by atoms with E-state index in [4.69, 9.17) is 4.74 Å². The van der Waals surface area contributed by atoms with Gasteiger partial charge in [0, 0.05) is 31.5 Å². The largest absolute Gasteiger partial charge is 0.389 e. The molecular formula is C13H24N2O2S. The molecule has 2 N–H and O–H groups in total. The maximum absolute atomic E-state index is 9.66. The molecule has 104 valence electrons. The molecule has 0 amide bonds. The van der Waals surface area contributed by atoms with E-state index in [-0.39, 0.29) is 0 Å². The van der Waals surface area contributed by atoms with Crippen molar-refractivity contribution in [3.63, 3.8) is 0 Å². The summed E-state index contributed by atoms with van der Waals surface area (Å²) in [5.41, 5.74) is 1.12. The van der Waals surface area contributed by atoms with Crippen molar-refractivity contribution >= 4 is 11.3 Å². The molecule has 0 aliphatic carbocycles. The van der Waals surface area contributed by atoms with Crippen LogP contribution in [-0.4, -0.2) is 42.5 Å². The molecule has 0 aliphatic rings. The highest BCUT2D eigenvalue weighted by atomic mass is 32.1. The Kier molecular flexibility index (Phi) is 7.42. The summed E-state index contributed by atoms with van der Waals surface area (Å²) in [6.45, 7) is 8.72. The van der Waals surface area contributed by atoms with Crippen LogP contribution in [0.2, 0.25) is 0 Å². The number of hydrogen-bond donors (Lipinski definition) is 2. The molecular weight excluding hydrogens is 248 g/mol. The highest BCUT2D eigenvalue weighted by Crippen LogP contribution is 2.07. The van der Waals surface area contributed by atoms with Crippen molar-refractivity contribution < 1.29 is 9.84 Å². The Morgan fingerprint density at radius 2 is 2.22 bits per heavy atom. The van der Waals surface area contributed by atoms with Crippen LogP contribution in [0.5, 0.6) is 0 Å². The second kappa shape index (κ2) is 8.58. The van der Waals surface area contributed by atoms with Crippen molar-refractivity contribution in [2.45, 2.75) is 33.3 Å². The van der Waals surface area contributed by atoms with E-state index in [2.05, 4.69) is 29.5 Å². The summed E-state index contributed by atoms with van der Waals surface area (Å²) in [5, 5.41) is 16.1. The second-order valence-corrected chi connectivity index (χ2v) is 5.96. The Balaban J connectivity index is 2.00. The molecule has 0 saturated carbocycles. The fourth-order valence-corrected chi connectivity index (χ4v) is 2.15. The maximum Gasteiger partial charge on any atom is 0.0897 e. The molecule has 5 heteroatoms. The molecule has 0 aromatic carbocycles. The molecule has 0 radical (unpaired) electrons. The first kappa shape index (κ1) is 15.6. The number of nitrogens with zero attached hydrogens (tertiary/aromatic N) is 1. The number of aromatic nitrogens is 1. The first-order chi connectivity index (χ1) is 8.58. The third-order valence-electron chi connectivity index (χ3n) is 2.37. The summed E-state index contributed by atoms with van der Waals surface area (Å²) >= 11 is 1.67. The molecule has 18 heavy (non-hydrogen) atoms. The van der Waals surface area contributed by atoms with Gasteiger partial charge in [-0.3, -0.25) is 0 Å². The second-order valence-electron chi connectivity index (χ2n) is 4.90. The molecule has 0 spiro atoms. The van der Waals surface area contributed by atoms with Gasteiger partial charge in [0.05, 0.1) is 23.4 Å². The molecule has 0 bridgehead atoms. The van der Waals surface area contributed by atoms with Crippen LogP contribution in [0.4, 0.5) is 0 Å². The van der Waals surface area contributed by atoms with Crippen molar-refractivity contribution in [1.82, 2.24) is 10.3 Å². The standard InChI is InChI=1S/C13H24N2O2S/c1-10(2)7-17-8-13(16)6-14-5-4-12-9-18-11(3)15-12/h9-10,13-14,16H,4-8H2,1-3H3. The van der Waals surface area contributed by atoms with Crippen molar-refractivity contribution in [3.05, 3.63) is 16.1 Å². The molecule has 1 aromatic heterocycles. The average molecular weight is 272 g/mol. The van der Waals surface area contributed by atoms with Crippen LogP contribution in [0.1, 0.15) is 24.5 Å². The van der Waals surface area contributed by atoms with E-state index in [0.717, 1.165) is 23.7 Å². The molecule has 1 heterocycles. The van der Waals surface area contributed by atoms with E-state index in [9.17, 15) is 5.11 Å². The minimum atomic E-state index is -0.430. The van der Waals surface area contributed by atoms with Gasteiger partial charge in [-0.2, -0.15) is 0 Å². The molecule has 0 fully saturated rings. The first-order valence-electron chi connectivity index (χ1n) is 6.45. The summed E-state index contributed by atoms with van der Waals surface area (Å²) in [4.78, 5) is 4.39. The van der Waals surface area contributed by atoms with Crippen LogP contribution in [-0.2, 0) is 11.2 Å². The zero-order valence-electron chi connectivity index (χ0n) is 11.5. The first-order valence-corrected chi connectivity index (χ1v) is 7.33. The Morgan fingerprint density at radius 1 is 1.44 bits per heavy atom. The minimum absolute atomic E-state index is 0.404. The quantitative estimate of drug-likeness (QED) is 0.671. The van der Waals surface area contributed by atoms with Crippen LogP contribution >= 0.6 is 11.3 Å². The fraction of sp³-hybridized carbons (Fsp3) is 0.769. The molecule has 1 atom stereocenters. The number of rotatable bonds is 9. The lowest BCUT2D eigenvalue weighted by Gasteiger charge is -2.13. The summed E-state index contributed by atoms with van der Waals surface area (Å²) in [5.74, 6) is 0.512. The van der Waals surface area contributed by atoms with E-state index in [1.165, 1.54) is 0 Å². The predicted molar refractivity (Wildman–Crippen MR) is 75.1 cm³/mol. The van der Waals surface area contributed by atoms with Gasteiger partial charge in [0.1, 0.15) is 0 Å². The Hall–Kier alpha value is -0.490. The van der Waals surface area contributed by atoms with Gasteiger partial charge < -0.3 is 15.2 Å². The summed E-state index contributed by atoms with van der Waals surface area (Å²) < 4.78 is 5.37. The Morgan fingerprint density at radius 3 is 2.83 bits per heavy atom. The van der Waals surface area contributed by atoms with Gasteiger partial charge in [-0.05, 0) is 12.8 Å². The van der Waals surface area contributed by atoms with Crippen molar-refractivity contribution in [2.24, 2.45) is 5.92 Å². The van der Waals surface area contributed by atoms with Gasteiger partial charge >= 0.3 is 0 Å². The van der Waals surface area contributed by atoms with Crippen LogP contribution in [0.25, 0.3) is 0 Å². The summed E-state index contributed by atoms with van der Waals surface area (Å²) in [7, 11) is 0. The highest BCUT2D eigenvalue weighted by molar-refractivity contribution is 7.09. The van der Waals surface area contributed by atoms with Crippen LogP contribution in [0.3, 0.4) is 0 Å². The summed E-state index contributed by atoms with van der Waals surface area (Å²) in [6.07, 6.45) is 0.477. The van der Waals surface area contributed by atoms with E-state index in [1.807, 2.05) is 6.92 Å². The lowest BCUT2D eigenvalue weighted by Crippen LogP contribution is -2.32. The lowest BCUT2D eigenvalue weighted by molar-refractivity contribution is 0.0263. The van der Waals surface area contributed by atoms with Crippen molar-refractivity contribution in [3.8, 4) is 0 Å². The van der Waals surface area contributed by atoms with Gasteiger partial charge in [-0.15, -0.1) is 11.3 Å². The van der Waals surface area contributed by atoms with Gasteiger partial charge in [0.15, 0.2) is 0 Å². The van der Waals surface area contributed by atoms with Crippen molar-refractivity contribution in [2.75, 3.05) is 26.3 Å². The predicted octanol–water partition coefficient (Wildman–Crippen LogP) is 1.62. The van der Waals surface area contributed by atoms with Gasteiger partial charge in [0.2, 0.25) is 0 Å². The van der Waals surface area contributed by atoms with E-state index in [1.54, 1.807) is 11.3 Å². The minimum Gasteiger partial charge on any atom is -0.389 e. The summed E-state index contributed by atoms with van der Waals surface area (Å²) in [6, 6.07) is 0. The number of hydrogen-bond acceptors (Lipinski definition) is 5. The lowest BCUT2D eigenvalue weighted by atomic mass is 10.2. The zero-order valence-corrected chi connectivity index (χ0v) is 12.3. The van der Waals surface area contributed by atoms with E-state index >= 15 is 0 Å². The van der Waals surface area contributed by atoms with Gasteiger partial charge in [-0.25, -0.2) is 4.98 Å². The number of aliphatic hydroxyl groups is 1. The molecule has 1 rings (SSSR count). The normalized spacial score (nSPS) is 13.2. The number of thiazole rings is 1. The monoisotopic (exact) mass is 272 g/mol. The fourth-order valence-electron chi connectivity index (χ4n) is 1.51. The zero-order chi connectivity index (χ0) is 13.4.